The minimum atomic E-state index is -0.333. The molecule has 1 aromatic carbocycles. The zero-order valence-corrected chi connectivity index (χ0v) is 11.7. The van der Waals surface area contributed by atoms with Gasteiger partial charge in [-0.25, -0.2) is 0 Å². The van der Waals surface area contributed by atoms with Crippen molar-refractivity contribution in [1.82, 2.24) is 0 Å². The van der Waals surface area contributed by atoms with Gasteiger partial charge in [0.25, 0.3) is 5.69 Å². The number of benzene rings is 1. The molecule has 1 N–H and O–H groups in total. The first-order valence-electron chi connectivity index (χ1n) is 6.73. The molecule has 0 aliphatic carbocycles. The Bertz CT molecular complexity index is 476. The molecule has 5 heteroatoms. The summed E-state index contributed by atoms with van der Waals surface area (Å²) < 4.78 is 0. The van der Waals surface area contributed by atoms with E-state index >= 15 is 0 Å². The van der Waals surface area contributed by atoms with Crippen molar-refractivity contribution in [1.29, 1.82) is 0 Å². The van der Waals surface area contributed by atoms with Crippen molar-refractivity contribution in [2.24, 2.45) is 11.8 Å². The number of anilines is 2. The van der Waals surface area contributed by atoms with Crippen molar-refractivity contribution in [3.63, 3.8) is 0 Å². The van der Waals surface area contributed by atoms with Gasteiger partial charge in [0.15, 0.2) is 0 Å². The van der Waals surface area contributed by atoms with Crippen LogP contribution in [-0.4, -0.2) is 25.1 Å². The van der Waals surface area contributed by atoms with Crippen molar-refractivity contribution < 1.29 is 4.92 Å². The Balaban J connectivity index is 2.28. The molecule has 19 heavy (non-hydrogen) atoms. The van der Waals surface area contributed by atoms with E-state index in [2.05, 4.69) is 24.1 Å². The van der Waals surface area contributed by atoms with Gasteiger partial charge in [0.1, 0.15) is 0 Å². The van der Waals surface area contributed by atoms with Crippen molar-refractivity contribution in [2.75, 3.05) is 30.4 Å². The molecule has 0 aromatic heterocycles. The number of non-ortho nitro benzene ring substituents is 1. The molecule has 1 aromatic rings. The van der Waals surface area contributed by atoms with E-state index in [0.29, 0.717) is 5.92 Å². The molecule has 1 heterocycles. The van der Waals surface area contributed by atoms with Gasteiger partial charge in [-0.2, -0.15) is 0 Å². The molecule has 5 nitrogen and oxygen atoms in total. The lowest BCUT2D eigenvalue weighted by molar-refractivity contribution is -0.384. The summed E-state index contributed by atoms with van der Waals surface area (Å²) in [6.45, 7) is 6.45. The highest BCUT2D eigenvalue weighted by molar-refractivity contribution is 5.64. The van der Waals surface area contributed by atoms with Crippen LogP contribution >= 0.6 is 0 Å². The molecule has 0 spiro atoms. The lowest BCUT2D eigenvalue weighted by atomic mass is 9.88. The van der Waals surface area contributed by atoms with E-state index in [4.69, 9.17) is 0 Å². The Morgan fingerprint density at radius 1 is 1.32 bits per heavy atom. The van der Waals surface area contributed by atoms with E-state index in [-0.39, 0.29) is 10.6 Å². The maximum Gasteiger partial charge on any atom is 0.273 e. The second kappa shape index (κ2) is 5.47. The molecular weight excluding hydrogens is 242 g/mol. The predicted octanol–water partition coefficient (Wildman–Crippen LogP) is 3.12. The lowest BCUT2D eigenvalue weighted by Gasteiger charge is -2.36. The molecular formula is C14H21N3O2. The second-order valence-corrected chi connectivity index (χ2v) is 5.43. The van der Waals surface area contributed by atoms with Crippen molar-refractivity contribution in [3.8, 4) is 0 Å². The third-order valence-corrected chi connectivity index (χ3v) is 4.10. The maximum atomic E-state index is 11.0. The highest BCUT2D eigenvalue weighted by Gasteiger charge is 2.24. The molecule has 2 unspecified atom stereocenters. The van der Waals surface area contributed by atoms with E-state index in [9.17, 15) is 10.1 Å². The van der Waals surface area contributed by atoms with Crippen LogP contribution in [-0.2, 0) is 0 Å². The van der Waals surface area contributed by atoms with E-state index in [1.807, 2.05) is 6.07 Å². The van der Waals surface area contributed by atoms with E-state index in [1.54, 1.807) is 19.2 Å². The summed E-state index contributed by atoms with van der Waals surface area (Å²) >= 11 is 0. The van der Waals surface area contributed by atoms with Crippen LogP contribution in [0, 0.1) is 22.0 Å². The minimum Gasteiger partial charge on any atom is -0.388 e. The molecule has 1 aliphatic heterocycles. The molecule has 2 atom stereocenters. The fourth-order valence-corrected chi connectivity index (χ4v) is 2.52. The molecule has 0 radical (unpaired) electrons. The number of hydrogen-bond donors (Lipinski definition) is 1. The number of nitro benzene ring substituents is 1. The molecule has 0 saturated carbocycles. The minimum absolute atomic E-state index is 0.146. The third-order valence-electron chi connectivity index (χ3n) is 4.10. The zero-order valence-electron chi connectivity index (χ0n) is 11.7. The fourth-order valence-electron chi connectivity index (χ4n) is 2.52. The van der Waals surface area contributed by atoms with Crippen LogP contribution in [0.2, 0.25) is 0 Å². The van der Waals surface area contributed by atoms with Gasteiger partial charge in [-0.05, 0) is 24.3 Å². The van der Waals surface area contributed by atoms with E-state index < -0.39 is 0 Å². The molecule has 104 valence electrons. The number of nitrogens with zero attached hydrogens (tertiary/aromatic N) is 2. The number of piperidine rings is 1. The average Bonchev–Trinajstić information content (AvgIpc) is 2.41. The van der Waals surface area contributed by atoms with Gasteiger partial charge in [0.05, 0.1) is 4.92 Å². The van der Waals surface area contributed by atoms with Gasteiger partial charge < -0.3 is 10.2 Å². The van der Waals surface area contributed by atoms with Crippen molar-refractivity contribution in [2.45, 2.75) is 20.3 Å². The van der Waals surface area contributed by atoms with Crippen LogP contribution in [0.25, 0.3) is 0 Å². The molecule has 0 bridgehead atoms. The number of nitro groups is 1. The summed E-state index contributed by atoms with van der Waals surface area (Å²) in [5.74, 6) is 1.34. The molecule has 1 aliphatic rings. The van der Waals surface area contributed by atoms with Gasteiger partial charge in [0, 0.05) is 43.6 Å². The fraction of sp³-hybridized carbons (Fsp3) is 0.571. The molecule has 1 saturated heterocycles. The van der Waals surface area contributed by atoms with Crippen molar-refractivity contribution >= 4 is 17.1 Å². The Morgan fingerprint density at radius 2 is 2.05 bits per heavy atom. The zero-order chi connectivity index (χ0) is 14.0. The smallest absolute Gasteiger partial charge is 0.273 e. The molecule has 0 amide bonds. The van der Waals surface area contributed by atoms with Gasteiger partial charge in [-0.15, -0.1) is 0 Å². The quantitative estimate of drug-likeness (QED) is 0.672. The van der Waals surface area contributed by atoms with Crippen LogP contribution in [0.15, 0.2) is 18.2 Å². The highest BCUT2D eigenvalue weighted by Crippen LogP contribution is 2.31. The third kappa shape index (κ3) is 2.97. The van der Waals surface area contributed by atoms with Gasteiger partial charge in [-0.3, -0.25) is 10.1 Å². The Hall–Kier alpha value is -1.78. The maximum absolute atomic E-state index is 11.0. The standard InChI is InChI=1S/C14H21N3O2/c1-10-4-5-16(9-11(10)2)13-6-12(15-3)7-14(8-13)17(18)19/h6-8,10-11,15H,4-5,9H2,1-3H3. The Morgan fingerprint density at radius 3 is 2.63 bits per heavy atom. The van der Waals surface area contributed by atoms with Crippen LogP contribution in [0.3, 0.4) is 0 Å². The van der Waals surface area contributed by atoms with Gasteiger partial charge in [0.2, 0.25) is 0 Å². The lowest BCUT2D eigenvalue weighted by Crippen LogP contribution is -2.38. The average molecular weight is 263 g/mol. The largest absolute Gasteiger partial charge is 0.388 e. The number of rotatable bonds is 3. The van der Waals surface area contributed by atoms with Gasteiger partial charge >= 0.3 is 0 Å². The first-order valence-corrected chi connectivity index (χ1v) is 6.73. The summed E-state index contributed by atoms with van der Waals surface area (Å²) in [5.41, 5.74) is 1.88. The van der Waals surface area contributed by atoms with E-state index in [1.165, 1.54) is 0 Å². The van der Waals surface area contributed by atoms with Crippen LogP contribution in [0.4, 0.5) is 17.1 Å². The molecule has 1 fully saturated rings. The summed E-state index contributed by atoms with van der Waals surface area (Å²) in [6.07, 6.45) is 1.14. The Labute approximate surface area is 113 Å². The summed E-state index contributed by atoms with van der Waals surface area (Å²) in [4.78, 5) is 12.9. The van der Waals surface area contributed by atoms with Crippen LogP contribution in [0.5, 0.6) is 0 Å². The van der Waals surface area contributed by atoms with Crippen LogP contribution < -0.4 is 10.2 Å². The van der Waals surface area contributed by atoms with Crippen LogP contribution in [0.1, 0.15) is 20.3 Å². The first kappa shape index (κ1) is 13.6. The predicted molar refractivity (Wildman–Crippen MR) is 77.8 cm³/mol. The second-order valence-electron chi connectivity index (χ2n) is 5.43. The highest BCUT2D eigenvalue weighted by atomic mass is 16.6. The normalized spacial score (nSPS) is 23.2. The van der Waals surface area contributed by atoms with Gasteiger partial charge in [-0.1, -0.05) is 13.8 Å². The number of nitrogens with one attached hydrogen (secondary N) is 1. The Kier molecular flexibility index (Phi) is 3.93. The first-order chi connectivity index (χ1) is 9.01. The molecule has 2 rings (SSSR count). The number of hydrogen-bond acceptors (Lipinski definition) is 4. The summed E-state index contributed by atoms with van der Waals surface area (Å²) in [5, 5.41) is 14.0. The monoisotopic (exact) mass is 263 g/mol. The van der Waals surface area contributed by atoms with Crippen molar-refractivity contribution in [3.05, 3.63) is 28.3 Å². The topological polar surface area (TPSA) is 58.4 Å². The summed E-state index contributed by atoms with van der Waals surface area (Å²) in [6, 6.07) is 5.22. The van der Waals surface area contributed by atoms with E-state index in [0.717, 1.165) is 36.8 Å². The summed E-state index contributed by atoms with van der Waals surface area (Å²) in [7, 11) is 1.78. The SMILES string of the molecule is CNc1cc(N2CCC(C)C(C)C2)cc([N+](=O)[O-])c1.